The van der Waals surface area contributed by atoms with Gasteiger partial charge in [-0.2, -0.15) is 0 Å². The molecule has 0 radical (unpaired) electrons. The first-order valence-corrected chi connectivity index (χ1v) is 7.29. The number of nitrogens with two attached hydrogens (primary N) is 1. The van der Waals surface area contributed by atoms with Crippen molar-refractivity contribution in [2.45, 2.75) is 32.7 Å². The third kappa shape index (κ3) is 6.42. The predicted molar refractivity (Wildman–Crippen MR) is 99.7 cm³/mol. The number of amides is 1. The molecule has 2 N–H and O–H groups in total. The number of hydrogen-bond donors (Lipinski definition) is 1. The van der Waals surface area contributed by atoms with Gasteiger partial charge in [-0.1, -0.05) is 13.3 Å². The van der Waals surface area contributed by atoms with Gasteiger partial charge in [-0.15, -0.1) is 24.8 Å². The van der Waals surface area contributed by atoms with Crippen molar-refractivity contribution in [3.05, 3.63) is 29.8 Å². The van der Waals surface area contributed by atoms with E-state index in [0.717, 1.165) is 12.2 Å². The van der Waals surface area contributed by atoms with Crippen LogP contribution in [0.2, 0.25) is 0 Å². The molecule has 22 heavy (non-hydrogen) atoms. The minimum Gasteiger partial charge on any atom is -0.375 e. The van der Waals surface area contributed by atoms with Crippen LogP contribution in [-0.4, -0.2) is 44.0 Å². The van der Waals surface area contributed by atoms with E-state index in [4.69, 9.17) is 5.73 Å². The number of benzene rings is 1. The fourth-order valence-corrected chi connectivity index (χ4v) is 1.94. The predicted octanol–water partition coefficient (Wildman–Crippen LogP) is 3.19. The van der Waals surface area contributed by atoms with Crippen LogP contribution in [-0.2, 0) is 0 Å². The monoisotopic (exact) mass is 349 g/mol. The van der Waals surface area contributed by atoms with Gasteiger partial charge in [0, 0.05) is 44.5 Å². The van der Waals surface area contributed by atoms with Gasteiger partial charge in [-0.25, -0.2) is 0 Å². The molecule has 1 aromatic carbocycles. The zero-order valence-corrected chi connectivity index (χ0v) is 15.5. The van der Waals surface area contributed by atoms with Crippen molar-refractivity contribution in [2.75, 3.05) is 32.1 Å². The molecule has 0 aliphatic rings. The van der Waals surface area contributed by atoms with E-state index in [1.165, 1.54) is 12.8 Å². The Morgan fingerprint density at radius 1 is 1.18 bits per heavy atom. The molecule has 1 amide bonds. The van der Waals surface area contributed by atoms with Gasteiger partial charge in [0.25, 0.3) is 5.91 Å². The smallest absolute Gasteiger partial charge is 0.253 e. The molecule has 4 nitrogen and oxygen atoms in total. The molecule has 1 rings (SSSR count). The summed E-state index contributed by atoms with van der Waals surface area (Å²) in [5, 5.41) is 0. The van der Waals surface area contributed by atoms with Gasteiger partial charge in [-0.05, 0) is 37.6 Å². The van der Waals surface area contributed by atoms with E-state index in [2.05, 4.69) is 18.9 Å². The van der Waals surface area contributed by atoms with Gasteiger partial charge in [0.1, 0.15) is 0 Å². The lowest BCUT2D eigenvalue weighted by Crippen LogP contribution is -2.39. The van der Waals surface area contributed by atoms with Gasteiger partial charge in [-0.3, -0.25) is 4.79 Å². The lowest BCUT2D eigenvalue weighted by Gasteiger charge is -2.24. The lowest BCUT2D eigenvalue weighted by atomic mass is 10.1. The molecule has 1 aromatic rings. The number of nitrogens with zero attached hydrogens (tertiary/aromatic N) is 2. The van der Waals surface area contributed by atoms with E-state index in [0.29, 0.717) is 12.1 Å². The zero-order valence-electron chi connectivity index (χ0n) is 13.9. The molecular weight excluding hydrogens is 321 g/mol. The van der Waals surface area contributed by atoms with Gasteiger partial charge in [0.15, 0.2) is 0 Å². The van der Waals surface area contributed by atoms with Crippen molar-refractivity contribution in [3.8, 4) is 0 Å². The molecule has 0 fully saturated rings. The third-order valence-electron chi connectivity index (χ3n) is 3.72. The lowest BCUT2D eigenvalue weighted by molar-refractivity contribution is 0.0748. The highest BCUT2D eigenvalue weighted by atomic mass is 35.5. The van der Waals surface area contributed by atoms with Crippen molar-refractivity contribution in [2.24, 2.45) is 5.73 Å². The van der Waals surface area contributed by atoms with Crippen molar-refractivity contribution < 1.29 is 4.79 Å². The molecule has 0 spiro atoms. The Labute approximate surface area is 146 Å². The topological polar surface area (TPSA) is 49.6 Å². The molecule has 0 saturated carbocycles. The largest absolute Gasteiger partial charge is 0.375 e. The molecule has 0 heterocycles. The number of carbonyl (C=O) groups is 1. The Morgan fingerprint density at radius 3 is 2.18 bits per heavy atom. The van der Waals surface area contributed by atoms with E-state index in [1.807, 2.05) is 31.2 Å². The van der Waals surface area contributed by atoms with Crippen LogP contribution in [0.15, 0.2) is 24.3 Å². The van der Waals surface area contributed by atoms with Gasteiger partial charge >= 0.3 is 0 Å². The molecule has 0 aromatic heterocycles. The Balaban J connectivity index is 0. The Kier molecular flexibility index (Phi) is 12.3. The van der Waals surface area contributed by atoms with E-state index in [1.54, 1.807) is 11.9 Å². The average molecular weight is 350 g/mol. The second-order valence-electron chi connectivity index (χ2n) is 5.32. The summed E-state index contributed by atoms with van der Waals surface area (Å²) >= 11 is 0. The molecule has 6 heteroatoms. The van der Waals surface area contributed by atoms with Crippen LogP contribution >= 0.6 is 24.8 Å². The van der Waals surface area contributed by atoms with Gasteiger partial charge in [0.05, 0.1) is 0 Å². The van der Waals surface area contributed by atoms with E-state index < -0.39 is 0 Å². The number of rotatable bonds is 7. The Morgan fingerprint density at radius 2 is 1.73 bits per heavy atom. The fraction of sp³-hybridized carbons (Fsp3) is 0.562. The molecule has 0 aliphatic heterocycles. The maximum atomic E-state index is 12.3. The number of hydrogen-bond acceptors (Lipinski definition) is 3. The number of likely N-dealkylation sites (N-methyl/N-ethyl adjacent to an activating group) is 1. The first-order chi connectivity index (χ1) is 9.51. The summed E-state index contributed by atoms with van der Waals surface area (Å²) in [4.78, 5) is 16.2. The van der Waals surface area contributed by atoms with Crippen LogP contribution in [0, 0.1) is 0 Å². The van der Waals surface area contributed by atoms with Crippen LogP contribution in [0.1, 0.15) is 37.0 Å². The molecule has 1 atom stereocenters. The number of anilines is 1. The van der Waals surface area contributed by atoms with Crippen molar-refractivity contribution >= 4 is 36.4 Å². The Hall–Kier alpha value is -0.970. The summed E-state index contributed by atoms with van der Waals surface area (Å²) in [5.41, 5.74) is 7.45. The van der Waals surface area contributed by atoms with Crippen molar-refractivity contribution in [1.29, 1.82) is 0 Å². The molecular formula is C16H29Cl2N3O. The summed E-state index contributed by atoms with van der Waals surface area (Å²) in [6.07, 6.45) is 2.36. The highest BCUT2D eigenvalue weighted by Crippen LogP contribution is 2.16. The standard InChI is InChI=1S/C16H27N3O.2ClH/c1-5-6-11-18(3)15-9-7-14(8-10-15)16(20)19(4)13(2)12-17;;/h7-10,13H,5-6,11-12,17H2,1-4H3;2*1H. The molecule has 1 unspecified atom stereocenters. The molecule has 0 saturated heterocycles. The number of halogens is 2. The SMILES string of the molecule is CCCCN(C)c1ccc(C(=O)N(C)C(C)CN)cc1.Cl.Cl. The van der Waals surface area contributed by atoms with Gasteiger partial charge in [0.2, 0.25) is 0 Å². The molecule has 0 bridgehead atoms. The minimum absolute atomic E-state index is 0. The summed E-state index contributed by atoms with van der Waals surface area (Å²) in [7, 11) is 3.87. The molecule has 0 aliphatic carbocycles. The van der Waals surface area contributed by atoms with Crippen molar-refractivity contribution in [1.82, 2.24) is 4.90 Å². The average Bonchev–Trinajstić information content (AvgIpc) is 2.50. The maximum absolute atomic E-state index is 12.3. The highest BCUT2D eigenvalue weighted by Gasteiger charge is 2.16. The van der Waals surface area contributed by atoms with E-state index >= 15 is 0 Å². The fourth-order valence-electron chi connectivity index (χ4n) is 1.94. The molecule has 128 valence electrons. The van der Waals surface area contributed by atoms with Gasteiger partial charge < -0.3 is 15.5 Å². The summed E-state index contributed by atoms with van der Waals surface area (Å²) in [6, 6.07) is 7.84. The van der Waals surface area contributed by atoms with Crippen LogP contribution in [0.5, 0.6) is 0 Å². The Bertz CT molecular complexity index is 426. The zero-order chi connectivity index (χ0) is 15.1. The van der Waals surface area contributed by atoms with Crippen LogP contribution in [0.4, 0.5) is 5.69 Å². The maximum Gasteiger partial charge on any atom is 0.253 e. The van der Waals surface area contributed by atoms with E-state index in [9.17, 15) is 4.79 Å². The highest BCUT2D eigenvalue weighted by molar-refractivity contribution is 5.94. The summed E-state index contributed by atoms with van der Waals surface area (Å²) < 4.78 is 0. The second-order valence-corrected chi connectivity index (χ2v) is 5.32. The number of unbranched alkanes of at least 4 members (excludes halogenated alkanes) is 1. The number of carbonyl (C=O) groups excluding carboxylic acids is 1. The summed E-state index contributed by atoms with van der Waals surface area (Å²) in [6.45, 7) is 5.64. The van der Waals surface area contributed by atoms with Crippen LogP contribution in [0.25, 0.3) is 0 Å². The second kappa shape index (κ2) is 11.6. The van der Waals surface area contributed by atoms with Crippen molar-refractivity contribution in [3.63, 3.8) is 0 Å². The third-order valence-corrected chi connectivity index (χ3v) is 3.72. The first-order valence-electron chi connectivity index (χ1n) is 7.29. The normalized spacial score (nSPS) is 11.0. The van der Waals surface area contributed by atoms with E-state index in [-0.39, 0.29) is 36.8 Å². The van der Waals surface area contributed by atoms with Crippen LogP contribution < -0.4 is 10.6 Å². The minimum atomic E-state index is 0. The first kappa shape index (κ1) is 23.3. The quantitative estimate of drug-likeness (QED) is 0.822. The summed E-state index contributed by atoms with van der Waals surface area (Å²) in [5.74, 6) is 0.0192. The van der Waals surface area contributed by atoms with Crippen LogP contribution in [0.3, 0.4) is 0 Å².